The number of ether oxygens (including phenoxy) is 1. The largest absolute Gasteiger partial charge is 0.462 e. The van der Waals surface area contributed by atoms with Crippen LogP contribution in [0.15, 0.2) is 23.1 Å². The first kappa shape index (κ1) is 12.9. The average molecular weight is 269 g/mol. The van der Waals surface area contributed by atoms with Gasteiger partial charge >= 0.3 is 5.97 Å². The lowest BCUT2D eigenvalue weighted by atomic mass is 10.2. The van der Waals surface area contributed by atoms with Gasteiger partial charge in [0.1, 0.15) is 0 Å². The summed E-state index contributed by atoms with van der Waals surface area (Å²) in [5.74, 6) is -0.0662. The van der Waals surface area contributed by atoms with Crippen LogP contribution in [0.3, 0.4) is 0 Å². The fraction of sp³-hybridized carbons (Fsp3) is 0.417. The molecule has 0 heterocycles. The molecule has 0 aliphatic heterocycles. The van der Waals surface area contributed by atoms with E-state index in [-0.39, 0.29) is 16.1 Å². The van der Waals surface area contributed by atoms with Gasteiger partial charge in [-0.25, -0.2) is 13.2 Å². The van der Waals surface area contributed by atoms with Gasteiger partial charge in [0.15, 0.2) is 9.84 Å². The molecule has 6 heteroatoms. The highest BCUT2D eigenvalue weighted by Gasteiger charge is 2.23. The normalized spacial score (nSPS) is 15.4. The van der Waals surface area contributed by atoms with Gasteiger partial charge in [0.05, 0.1) is 17.1 Å². The van der Waals surface area contributed by atoms with Gasteiger partial charge in [-0.3, -0.25) is 0 Å². The Kier molecular flexibility index (Phi) is 3.30. The third-order valence-corrected chi connectivity index (χ3v) is 3.83. The summed E-state index contributed by atoms with van der Waals surface area (Å²) in [6.07, 6.45) is 3.23. The molecule has 1 fully saturated rings. The fourth-order valence-corrected chi connectivity index (χ4v) is 2.21. The van der Waals surface area contributed by atoms with Gasteiger partial charge in [0.2, 0.25) is 0 Å². The van der Waals surface area contributed by atoms with Crippen LogP contribution >= 0.6 is 0 Å². The number of esters is 1. The average Bonchev–Trinajstić information content (AvgIpc) is 3.07. The molecule has 98 valence electrons. The molecule has 1 aromatic rings. The number of nitrogens with two attached hydrogens (primary N) is 1. The Morgan fingerprint density at radius 2 is 2.06 bits per heavy atom. The van der Waals surface area contributed by atoms with Crippen LogP contribution in [0.25, 0.3) is 0 Å². The van der Waals surface area contributed by atoms with Gasteiger partial charge in [-0.15, -0.1) is 0 Å². The number of sulfone groups is 1. The summed E-state index contributed by atoms with van der Waals surface area (Å²) < 4.78 is 27.9. The number of nitrogen functional groups attached to an aromatic ring is 1. The summed E-state index contributed by atoms with van der Waals surface area (Å²) in [4.78, 5) is 11.8. The highest BCUT2D eigenvalue weighted by molar-refractivity contribution is 7.90. The second kappa shape index (κ2) is 4.61. The Morgan fingerprint density at radius 1 is 1.39 bits per heavy atom. The number of anilines is 1. The summed E-state index contributed by atoms with van der Waals surface area (Å²) in [7, 11) is -3.39. The van der Waals surface area contributed by atoms with E-state index in [1.165, 1.54) is 18.2 Å². The molecule has 5 nitrogen and oxygen atoms in total. The third kappa shape index (κ3) is 3.22. The lowest BCUT2D eigenvalue weighted by Gasteiger charge is -2.06. The predicted molar refractivity (Wildman–Crippen MR) is 67.0 cm³/mol. The molecular weight excluding hydrogens is 254 g/mol. The molecule has 1 aliphatic carbocycles. The Bertz CT molecular complexity index is 576. The summed E-state index contributed by atoms with van der Waals surface area (Å²) in [5.41, 5.74) is 6.00. The van der Waals surface area contributed by atoms with Crippen LogP contribution in [0, 0.1) is 5.92 Å². The quantitative estimate of drug-likeness (QED) is 0.656. The molecule has 1 aliphatic rings. The number of carbonyl (C=O) groups excluding carboxylic acids is 1. The number of carbonyl (C=O) groups is 1. The Hall–Kier alpha value is -1.56. The van der Waals surface area contributed by atoms with Crippen molar-refractivity contribution in [2.45, 2.75) is 17.7 Å². The van der Waals surface area contributed by atoms with E-state index in [1.807, 2.05) is 0 Å². The predicted octanol–water partition coefficient (Wildman–Crippen LogP) is 1.24. The zero-order valence-corrected chi connectivity index (χ0v) is 10.9. The monoisotopic (exact) mass is 269 g/mol. The van der Waals surface area contributed by atoms with Crippen LogP contribution < -0.4 is 5.73 Å². The minimum absolute atomic E-state index is 0.0286. The molecule has 0 aromatic heterocycles. The number of hydrogen-bond donors (Lipinski definition) is 1. The highest BCUT2D eigenvalue weighted by atomic mass is 32.2. The minimum Gasteiger partial charge on any atom is -0.462 e. The van der Waals surface area contributed by atoms with Gasteiger partial charge < -0.3 is 10.5 Å². The topological polar surface area (TPSA) is 86.5 Å². The lowest BCUT2D eigenvalue weighted by Crippen LogP contribution is -2.09. The molecule has 2 rings (SSSR count). The maximum absolute atomic E-state index is 11.7. The van der Waals surface area contributed by atoms with Crippen molar-refractivity contribution in [3.05, 3.63) is 23.8 Å². The van der Waals surface area contributed by atoms with Crippen molar-refractivity contribution >= 4 is 21.5 Å². The maximum atomic E-state index is 11.7. The van der Waals surface area contributed by atoms with Crippen molar-refractivity contribution in [1.82, 2.24) is 0 Å². The zero-order chi connectivity index (χ0) is 13.3. The van der Waals surface area contributed by atoms with Crippen LogP contribution in [0.5, 0.6) is 0 Å². The van der Waals surface area contributed by atoms with E-state index in [2.05, 4.69) is 0 Å². The summed E-state index contributed by atoms with van der Waals surface area (Å²) in [5, 5.41) is 0. The second-order valence-electron chi connectivity index (χ2n) is 4.60. The number of rotatable bonds is 4. The Morgan fingerprint density at radius 3 is 2.61 bits per heavy atom. The van der Waals surface area contributed by atoms with Gasteiger partial charge in [-0.1, -0.05) is 0 Å². The van der Waals surface area contributed by atoms with E-state index < -0.39 is 15.8 Å². The third-order valence-electron chi connectivity index (χ3n) is 2.74. The first-order valence-corrected chi connectivity index (χ1v) is 7.53. The van der Waals surface area contributed by atoms with E-state index in [0.29, 0.717) is 12.5 Å². The first-order chi connectivity index (χ1) is 8.36. The van der Waals surface area contributed by atoms with Crippen molar-refractivity contribution in [2.75, 3.05) is 18.6 Å². The molecule has 0 saturated heterocycles. The second-order valence-corrected chi connectivity index (χ2v) is 6.62. The van der Waals surface area contributed by atoms with Crippen LogP contribution in [0.1, 0.15) is 23.2 Å². The van der Waals surface area contributed by atoms with Gasteiger partial charge in [-0.05, 0) is 37.0 Å². The minimum atomic E-state index is -3.39. The van der Waals surface area contributed by atoms with Crippen LogP contribution in [-0.2, 0) is 14.6 Å². The molecule has 0 spiro atoms. The fourth-order valence-electron chi connectivity index (χ4n) is 1.52. The smallest absolute Gasteiger partial charge is 0.338 e. The summed E-state index contributed by atoms with van der Waals surface area (Å²) in [6.45, 7) is 0.391. The first-order valence-electron chi connectivity index (χ1n) is 5.64. The van der Waals surface area contributed by atoms with Crippen molar-refractivity contribution in [1.29, 1.82) is 0 Å². The van der Waals surface area contributed by atoms with Gasteiger partial charge in [0, 0.05) is 11.9 Å². The molecule has 0 radical (unpaired) electrons. The van der Waals surface area contributed by atoms with Crippen molar-refractivity contribution in [3.8, 4) is 0 Å². The molecule has 0 bridgehead atoms. The SMILES string of the molecule is CS(=O)(=O)c1cc(N)cc(C(=O)OCC2CC2)c1. The molecule has 1 saturated carbocycles. The molecule has 1 aromatic carbocycles. The molecule has 0 amide bonds. The Balaban J connectivity index is 2.21. The van der Waals surface area contributed by atoms with Crippen LogP contribution in [0.2, 0.25) is 0 Å². The lowest BCUT2D eigenvalue weighted by molar-refractivity contribution is 0.0486. The molecule has 0 atom stereocenters. The van der Waals surface area contributed by atoms with Crippen molar-refractivity contribution < 1.29 is 17.9 Å². The van der Waals surface area contributed by atoms with E-state index in [4.69, 9.17) is 10.5 Å². The van der Waals surface area contributed by atoms with Gasteiger partial charge in [-0.2, -0.15) is 0 Å². The molecule has 18 heavy (non-hydrogen) atoms. The number of benzene rings is 1. The van der Waals surface area contributed by atoms with Crippen LogP contribution in [0.4, 0.5) is 5.69 Å². The van der Waals surface area contributed by atoms with E-state index in [0.717, 1.165) is 19.1 Å². The van der Waals surface area contributed by atoms with E-state index >= 15 is 0 Å². The van der Waals surface area contributed by atoms with E-state index in [9.17, 15) is 13.2 Å². The maximum Gasteiger partial charge on any atom is 0.338 e. The van der Waals surface area contributed by atoms with Crippen LogP contribution in [-0.4, -0.2) is 27.2 Å². The Labute approximate surface area is 106 Å². The molecule has 2 N–H and O–H groups in total. The van der Waals surface area contributed by atoms with Gasteiger partial charge in [0.25, 0.3) is 0 Å². The van der Waals surface area contributed by atoms with Crippen molar-refractivity contribution in [2.24, 2.45) is 5.92 Å². The zero-order valence-electron chi connectivity index (χ0n) is 10.0. The summed E-state index contributed by atoms with van der Waals surface area (Å²) >= 11 is 0. The van der Waals surface area contributed by atoms with E-state index in [1.54, 1.807) is 0 Å². The number of hydrogen-bond acceptors (Lipinski definition) is 5. The highest BCUT2D eigenvalue weighted by Crippen LogP contribution is 2.29. The summed E-state index contributed by atoms with van der Waals surface area (Å²) in [6, 6.07) is 4.04. The molecular formula is C12H15NO4S. The molecule has 0 unspecified atom stereocenters. The van der Waals surface area contributed by atoms with Crippen molar-refractivity contribution in [3.63, 3.8) is 0 Å². The standard InChI is InChI=1S/C12H15NO4S/c1-18(15,16)11-5-9(4-10(13)6-11)12(14)17-7-8-2-3-8/h4-6,8H,2-3,7,13H2,1H3.